The predicted octanol–water partition coefficient (Wildman–Crippen LogP) is 3.42. The van der Waals surface area contributed by atoms with Crippen molar-refractivity contribution >= 4 is 33.3 Å². The zero-order valence-corrected chi connectivity index (χ0v) is 16.3. The van der Waals surface area contributed by atoms with E-state index in [1.807, 2.05) is 0 Å². The minimum atomic E-state index is -4.01. The smallest absolute Gasteiger partial charge is 0.326 e. The molecule has 0 unspecified atom stereocenters. The molecule has 0 aliphatic heterocycles. The van der Waals surface area contributed by atoms with Gasteiger partial charge in [-0.15, -0.1) is 0 Å². The molecule has 0 spiro atoms. The highest BCUT2D eigenvalue weighted by Crippen LogP contribution is 2.30. The number of sulfonamides is 1. The van der Waals surface area contributed by atoms with E-state index in [2.05, 4.69) is 0 Å². The Morgan fingerprint density at radius 2 is 1.81 bits per heavy atom. The number of nitrogens with zero attached hydrogens (tertiary/aromatic N) is 1. The number of carbonyl (C=O) groups is 1. The Balaban J connectivity index is 2.54. The van der Waals surface area contributed by atoms with Crippen LogP contribution in [-0.2, 0) is 19.6 Å². The summed E-state index contributed by atoms with van der Waals surface area (Å²) in [6, 6.07) is 10.8. The standard InChI is InChI=1S/C18H20ClNO5S/c1-4-25-18(21)12-20(17-11-14(19)6-5-13(17)2)26(22,23)16-9-7-15(24-3)8-10-16/h5-11H,4,12H2,1-3H3. The van der Waals surface area contributed by atoms with Crippen LogP contribution in [0.25, 0.3) is 0 Å². The van der Waals surface area contributed by atoms with E-state index in [-0.39, 0.29) is 11.5 Å². The number of halogens is 1. The van der Waals surface area contributed by atoms with Gasteiger partial charge in [-0.05, 0) is 55.8 Å². The van der Waals surface area contributed by atoms with Gasteiger partial charge in [0, 0.05) is 5.02 Å². The topological polar surface area (TPSA) is 72.9 Å². The maximum Gasteiger partial charge on any atom is 0.326 e. The summed E-state index contributed by atoms with van der Waals surface area (Å²) in [5, 5.41) is 0.365. The number of aryl methyl sites for hydroxylation is 1. The van der Waals surface area contributed by atoms with Crippen molar-refractivity contribution in [1.82, 2.24) is 0 Å². The number of rotatable bonds is 7. The molecule has 0 bridgehead atoms. The lowest BCUT2D eigenvalue weighted by Crippen LogP contribution is -2.37. The summed E-state index contributed by atoms with van der Waals surface area (Å²) in [7, 11) is -2.52. The Bertz CT molecular complexity index is 881. The second-order valence-corrected chi connectivity index (χ2v) is 7.72. The molecule has 0 fully saturated rings. The first kappa shape index (κ1) is 20.1. The summed E-state index contributed by atoms with van der Waals surface area (Å²) >= 11 is 6.04. The van der Waals surface area contributed by atoms with Crippen molar-refractivity contribution in [2.45, 2.75) is 18.7 Å². The molecule has 2 rings (SSSR count). The number of benzene rings is 2. The van der Waals surface area contributed by atoms with Gasteiger partial charge in [-0.25, -0.2) is 8.42 Å². The summed E-state index contributed by atoms with van der Waals surface area (Å²) in [4.78, 5) is 12.0. The Labute approximate surface area is 158 Å². The van der Waals surface area contributed by atoms with Crippen LogP contribution in [0.5, 0.6) is 5.75 Å². The summed E-state index contributed by atoms with van der Waals surface area (Å²) in [6.45, 7) is 3.10. The van der Waals surface area contributed by atoms with Crippen LogP contribution in [-0.4, -0.2) is 34.6 Å². The number of methoxy groups -OCH3 is 1. The highest BCUT2D eigenvalue weighted by molar-refractivity contribution is 7.92. The molecule has 0 atom stereocenters. The van der Waals surface area contributed by atoms with E-state index in [0.717, 1.165) is 4.31 Å². The first-order chi connectivity index (χ1) is 12.3. The molecule has 2 aromatic rings. The molecular formula is C18H20ClNO5S. The third-order valence-electron chi connectivity index (χ3n) is 3.67. The van der Waals surface area contributed by atoms with Crippen molar-refractivity contribution in [3.63, 3.8) is 0 Å². The van der Waals surface area contributed by atoms with Crippen molar-refractivity contribution in [3.8, 4) is 5.75 Å². The second kappa shape index (κ2) is 8.42. The van der Waals surface area contributed by atoms with E-state index in [0.29, 0.717) is 22.0 Å². The van der Waals surface area contributed by atoms with Crippen molar-refractivity contribution in [3.05, 3.63) is 53.1 Å². The van der Waals surface area contributed by atoms with Gasteiger partial charge in [0.25, 0.3) is 10.0 Å². The lowest BCUT2D eigenvalue weighted by molar-refractivity contribution is -0.141. The largest absolute Gasteiger partial charge is 0.497 e. The third-order valence-corrected chi connectivity index (χ3v) is 5.67. The monoisotopic (exact) mass is 397 g/mol. The molecule has 140 valence electrons. The minimum absolute atomic E-state index is 0.0296. The average Bonchev–Trinajstić information content (AvgIpc) is 2.62. The Kier molecular flexibility index (Phi) is 6.50. The van der Waals surface area contributed by atoms with Crippen LogP contribution >= 0.6 is 11.6 Å². The number of anilines is 1. The van der Waals surface area contributed by atoms with E-state index in [9.17, 15) is 13.2 Å². The van der Waals surface area contributed by atoms with Gasteiger partial charge in [0.15, 0.2) is 0 Å². The zero-order chi connectivity index (χ0) is 19.3. The maximum atomic E-state index is 13.2. The first-order valence-electron chi connectivity index (χ1n) is 7.88. The van der Waals surface area contributed by atoms with Gasteiger partial charge in [0.2, 0.25) is 0 Å². The molecule has 0 heterocycles. The fourth-order valence-electron chi connectivity index (χ4n) is 2.35. The molecule has 2 aromatic carbocycles. The lowest BCUT2D eigenvalue weighted by Gasteiger charge is -2.25. The van der Waals surface area contributed by atoms with Gasteiger partial charge in [-0.3, -0.25) is 9.10 Å². The first-order valence-corrected chi connectivity index (χ1v) is 9.70. The van der Waals surface area contributed by atoms with Gasteiger partial charge in [-0.1, -0.05) is 17.7 Å². The molecule has 0 saturated heterocycles. The Morgan fingerprint density at radius 1 is 1.15 bits per heavy atom. The molecular weight excluding hydrogens is 378 g/mol. The highest BCUT2D eigenvalue weighted by atomic mass is 35.5. The minimum Gasteiger partial charge on any atom is -0.497 e. The van der Waals surface area contributed by atoms with E-state index in [1.165, 1.54) is 25.3 Å². The third kappa shape index (κ3) is 4.47. The van der Waals surface area contributed by atoms with Crippen LogP contribution in [0.2, 0.25) is 5.02 Å². The van der Waals surface area contributed by atoms with Crippen LogP contribution in [0.3, 0.4) is 0 Å². The van der Waals surface area contributed by atoms with Crippen LogP contribution in [0, 0.1) is 6.92 Å². The highest BCUT2D eigenvalue weighted by Gasteiger charge is 2.29. The van der Waals surface area contributed by atoms with E-state index >= 15 is 0 Å². The van der Waals surface area contributed by atoms with Gasteiger partial charge >= 0.3 is 5.97 Å². The van der Waals surface area contributed by atoms with Gasteiger partial charge in [0.05, 0.1) is 24.3 Å². The molecule has 0 N–H and O–H groups in total. The van der Waals surface area contributed by atoms with E-state index < -0.39 is 22.5 Å². The number of ether oxygens (including phenoxy) is 2. The van der Waals surface area contributed by atoms with Crippen LogP contribution in [0.15, 0.2) is 47.4 Å². The fourth-order valence-corrected chi connectivity index (χ4v) is 3.98. The van der Waals surface area contributed by atoms with Crippen molar-refractivity contribution in [2.24, 2.45) is 0 Å². The fraction of sp³-hybridized carbons (Fsp3) is 0.278. The predicted molar refractivity (Wildman–Crippen MR) is 100 cm³/mol. The van der Waals surface area contributed by atoms with Gasteiger partial charge < -0.3 is 9.47 Å². The normalized spacial score (nSPS) is 11.1. The van der Waals surface area contributed by atoms with Crippen LogP contribution in [0.4, 0.5) is 5.69 Å². The van der Waals surface area contributed by atoms with Crippen LogP contribution < -0.4 is 9.04 Å². The molecule has 0 radical (unpaired) electrons. The van der Waals surface area contributed by atoms with Crippen molar-refractivity contribution in [1.29, 1.82) is 0 Å². The molecule has 0 amide bonds. The Hall–Kier alpha value is -2.25. The number of hydrogen-bond acceptors (Lipinski definition) is 5. The van der Waals surface area contributed by atoms with Gasteiger partial charge in [0.1, 0.15) is 12.3 Å². The Morgan fingerprint density at radius 3 is 2.38 bits per heavy atom. The SMILES string of the molecule is CCOC(=O)CN(c1cc(Cl)ccc1C)S(=O)(=O)c1ccc(OC)cc1. The summed E-state index contributed by atoms with van der Waals surface area (Å²) in [5.41, 5.74) is 0.983. The van der Waals surface area contributed by atoms with E-state index in [1.54, 1.807) is 38.1 Å². The van der Waals surface area contributed by atoms with Crippen molar-refractivity contribution < 1.29 is 22.7 Å². The molecule has 0 saturated carbocycles. The molecule has 26 heavy (non-hydrogen) atoms. The maximum absolute atomic E-state index is 13.2. The molecule has 8 heteroatoms. The van der Waals surface area contributed by atoms with E-state index in [4.69, 9.17) is 21.1 Å². The number of carbonyl (C=O) groups excluding carboxylic acids is 1. The average molecular weight is 398 g/mol. The van der Waals surface area contributed by atoms with Crippen molar-refractivity contribution in [2.75, 3.05) is 24.6 Å². The summed E-state index contributed by atoms with van der Waals surface area (Å²) < 4.78 is 37.3. The molecule has 6 nitrogen and oxygen atoms in total. The molecule has 0 aliphatic rings. The lowest BCUT2D eigenvalue weighted by atomic mass is 10.2. The summed E-state index contributed by atoms with van der Waals surface area (Å²) in [6.07, 6.45) is 0. The quantitative estimate of drug-likeness (QED) is 0.669. The van der Waals surface area contributed by atoms with Crippen LogP contribution in [0.1, 0.15) is 12.5 Å². The molecule has 0 aliphatic carbocycles. The molecule has 0 aromatic heterocycles. The summed E-state index contributed by atoms with van der Waals surface area (Å²) in [5.74, 6) is -0.121. The zero-order valence-electron chi connectivity index (χ0n) is 14.7. The number of esters is 1. The van der Waals surface area contributed by atoms with Gasteiger partial charge in [-0.2, -0.15) is 0 Å². The number of hydrogen-bond donors (Lipinski definition) is 0. The second-order valence-electron chi connectivity index (χ2n) is 5.42.